The molecule has 0 saturated heterocycles. The van der Waals surface area contributed by atoms with Crippen LogP contribution in [0.3, 0.4) is 0 Å². The van der Waals surface area contributed by atoms with Gasteiger partial charge in [-0.1, -0.05) is 8.64 Å². The Hall–Kier alpha value is 1.16. The molecule has 0 amide bonds. The molecule has 0 aliphatic rings. The molecule has 0 bridgehead atoms. The summed E-state index contributed by atoms with van der Waals surface area (Å²) in [5, 5.41) is 21.3. The molecule has 0 aliphatic carbocycles. The van der Waals surface area contributed by atoms with Gasteiger partial charge in [0.2, 0.25) is 0 Å². The first-order valence-corrected chi connectivity index (χ1v) is 6.11. The Bertz CT molecular complexity index is 314. The molecule has 20 heavy (non-hydrogen) atoms. The van der Waals surface area contributed by atoms with Crippen LogP contribution >= 0.6 is 24.4 Å². The van der Waals surface area contributed by atoms with Crippen LogP contribution < -0.4 is 69.7 Å². The zero-order chi connectivity index (χ0) is 14.9. The number of rotatable bonds is 4. The number of hydrogen-bond acceptors (Lipinski definition) is 6. The van der Waals surface area contributed by atoms with E-state index in [4.69, 9.17) is 10.2 Å². The van der Waals surface area contributed by atoms with Crippen LogP contribution in [-0.2, 0) is 34.8 Å². The first-order valence-electron chi connectivity index (χ1n) is 4.48. The normalized spacial score (nSPS) is 10.9. The molecule has 0 aromatic heterocycles. The molecular formula is C8H12N2Na2O4S4. The van der Waals surface area contributed by atoms with Gasteiger partial charge in [0.15, 0.2) is 0 Å². The Morgan fingerprint density at radius 2 is 1.10 bits per heavy atom. The minimum absolute atomic E-state index is 0. The molecule has 104 valence electrons. The molecule has 6 nitrogen and oxygen atoms in total. The van der Waals surface area contributed by atoms with Crippen molar-refractivity contribution in [3.8, 4) is 0 Å². The van der Waals surface area contributed by atoms with Crippen LogP contribution in [0.1, 0.15) is 13.8 Å². The van der Waals surface area contributed by atoms with E-state index in [-0.39, 0.29) is 67.8 Å². The average molecular weight is 374 g/mol. The standard InChI is InChI=1S/2C4H7NO2S2.2Na/c2*1-2(3(6)7)5-4(8)9;;/h2*2H,1H3,(H,6,7)(H2,5,8,9);;/q;;2*+1/p-2. The average Bonchev–Trinajstić information content (AvgIpc) is 2.16. The molecular weight excluding hydrogens is 362 g/mol. The fourth-order valence-electron chi connectivity index (χ4n) is 0.477. The van der Waals surface area contributed by atoms with Gasteiger partial charge in [-0.05, 0) is 13.8 Å². The van der Waals surface area contributed by atoms with Crippen molar-refractivity contribution >= 4 is 70.3 Å². The van der Waals surface area contributed by atoms with Crippen molar-refractivity contribution in [3.05, 3.63) is 0 Å². The SMILES string of the molecule is CC(NC(=S)[S-])C(=O)O.CC(NC(=S)[S-])C(=O)O.[Na+].[Na+]. The maximum atomic E-state index is 10.1. The summed E-state index contributed by atoms with van der Waals surface area (Å²) in [7, 11) is 0. The summed E-state index contributed by atoms with van der Waals surface area (Å²) in [6, 6.07) is -1.37. The first kappa shape index (κ1) is 29.2. The molecule has 0 fully saturated rings. The fourth-order valence-corrected chi connectivity index (χ4v) is 1.18. The predicted octanol–water partition coefficient (Wildman–Crippen LogP) is -6.23. The molecule has 2 atom stereocenters. The van der Waals surface area contributed by atoms with Gasteiger partial charge in [-0.2, -0.15) is 0 Å². The van der Waals surface area contributed by atoms with Gasteiger partial charge in [0.05, 0.1) is 0 Å². The fraction of sp³-hybridized carbons (Fsp3) is 0.500. The second-order valence-electron chi connectivity index (χ2n) is 2.98. The summed E-state index contributed by atoms with van der Waals surface area (Å²) in [6.07, 6.45) is 0. The Balaban J connectivity index is -0.000000116. The topological polar surface area (TPSA) is 98.7 Å². The van der Waals surface area contributed by atoms with Crippen LogP contribution in [-0.4, -0.2) is 42.9 Å². The van der Waals surface area contributed by atoms with E-state index in [0.29, 0.717) is 0 Å². The Kier molecular flexibility index (Phi) is 24.1. The molecule has 2 unspecified atom stereocenters. The van der Waals surface area contributed by atoms with Crippen molar-refractivity contribution in [2.75, 3.05) is 0 Å². The zero-order valence-electron chi connectivity index (χ0n) is 11.5. The number of nitrogens with one attached hydrogen (secondary N) is 2. The van der Waals surface area contributed by atoms with Gasteiger partial charge in [-0.3, -0.25) is 9.59 Å². The molecule has 12 heteroatoms. The van der Waals surface area contributed by atoms with Crippen LogP contribution in [0.25, 0.3) is 0 Å². The number of aliphatic carboxylic acids is 2. The largest absolute Gasteiger partial charge is 1.00 e. The van der Waals surface area contributed by atoms with E-state index in [1.54, 1.807) is 0 Å². The second-order valence-corrected chi connectivity index (χ2v) is 5.13. The van der Waals surface area contributed by atoms with E-state index >= 15 is 0 Å². The molecule has 4 N–H and O–H groups in total. The van der Waals surface area contributed by atoms with E-state index < -0.39 is 24.0 Å². The van der Waals surface area contributed by atoms with E-state index in [1.807, 2.05) is 0 Å². The van der Waals surface area contributed by atoms with Crippen molar-refractivity contribution < 1.29 is 78.9 Å². The molecule has 0 radical (unpaired) electrons. The molecule has 0 rings (SSSR count). The third kappa shape index (κ3) is 21.5. The Morgan fingerprint density at radius 1 is 0.900 bits per heavy atom. The van der Waals surface area contributed by atoms with Gasteiger partial charge in [-0.25, -0.2) is 0 Å². The molecule has 0 aliphatic heterocycles. The summed E-state index contributed by atoms with van der Waals surface area (Å²) in [4.78, 5) is 20.1. The number of hydrogen-bond donors (Lipinski definition) is 4. The maximum Gasteiger partial charge on any atom is 1.00 e. The summed E-state index contributed by atoms with van der Waals surface area (Å²) in [6.45, 7) is 2.95. The van der Waals surface area contributed by atoms with Gasteiger partial charge < -0.3 is 70.5 Å². The number of carboxylic acid groups (broad SMARTS) is 2. The quantitative estimate of drug-likeness (QED) is 0.216. The smallest absolute Gasteiger partial charge is 0.480 e. The van der Waals surface area contributed by atoms with Crippen LogP contribution in [0.4, 0.5) is 0 Å². The van der Waals surface area contributed by atoms with Crippen molar-refractivity contribution in [2.45, 2.75) is 25.9 Å². The van der Waals surface area contributed by atoms with Crippen molar-refractivity contribution in [1.82, 2.24) is 10.6 Å². The van der Waals surface area contributed by atoms with Crippen LogP contribution in [0.5, 0.6) is 0 Å². The Labute approximate surface area is 183 Å². The third-order valence-electron chi connectivity index (χ3n) is 1.41. The molecule has 0 spiro atoms. The number of carboxylic acids is 2. The first-order chi connectivity index (χ1) is 8.07. The van der Waals surface area contributed by atoms with Gasteiger partial charge >= 0.3 is 71.1 Å². The van der Waals surface area contributed by atoms with E-state index in [1.165, 1.54) is 13.8 Å². The minimum atomic E-state index is -0.956. The van der Waals surface area contributed by atoms with Crippen LogP contribution in [0.2, 0.25) is 0 Å². The number of thiocarbonyl (C=S) groups is 2. The van der Waals surface area contributed by atoms with Gasteiger partial charge in [0.1, 0.15) is 12.1 Å². The molecule has 0 aromatic carbocycles. The molecule has 0 saturated carbocycles. The summed E-state index contributed by atoms with van der Waals surface area (Å²) < 4.78 is 0.176. The van der Waals surface area contributed by atoms with Gasteiger partial charge in [-0.15, -0.1) is 0 Å². The van der Waals surface area contributed by atoms with E-state index in [2.05, 4.69) is 60.3 Å². The van der Waals surface area contributed by atoms with Crippen LogP contribution in [0, 0.1) is 0 Å². The zero-order valence-corrected chi connectivity index (χ0v) is 18.8. The molecule has 0 aromatic rings. The van der Waals surface area contributed by atoms with E-state index in [9.17, 15) is 9.59 Å². The van der Waals surface area contributed by atoms with Crippen LogP contribution in [0.15, 0.2) is 0 Å². The minimum Gasteiger partial charge on any atom is -0.480 e. The van der Waals surface area contributed by atoms with Crippen molar-refractivity contribution in [2.24, 2.45) is 0 Å². The van der Waals surface area contributed by atoms with Gasteiger partial charge in [0, 0.05) is 0 Å². The second kappa shape index (κ2) is 16.5. The van der Waals surface area contributed by atoms with Gasteiger partial charge in [0.25, 0.3) is 0 Å². The third-order valence-corrected chi connectivity index (χ3v) is 1.88. The van der Waals surface area contributed by atoms with Crippen molar-refractivity contribution in [1.29, 1.82) is 0 Å². The molecule has 0 heterocycles. The van der Waals surface area contributed by atoms with Crippen molar-refractivity contribution in [3.63, 3.8) is 0 Å². The monoisotopic (exact) mass is 374 g/mol. The maximum absolute atomic E-state index is 10.1. The summed E-state index contributed by atoms with van der Waals surface area (Å²) >= 11 is 17.7. The predicted molar refractivity (Wildman–Crippen MR) is 80.4 cm³/mol. The summed E-state index contributed by atoms with van der Waals surface area (Å²) in [5.41, 5.74) is 0. The Morgan fingerprint density at radius 3 is 1.15 bits per heavy atom. The number of carbonyl (C=O) groups is 2. The summed E-state index contributed by atoms with van der Waals surface area (Å²) in [5.74, 6) is -1.91. The van der Waals surface area contributed by atoms with E-state index in [0.717, 1.165) is 0 Å².